The Labute approximate surface area is 242 Å². The first-order valence-corrected chi connectivity index (χ1v) is 15.0. The molecule has 0 saturated carbocycles. The summed E-state index contributed by atoms with van der Waals surface area (Å²) < 4.78 is 10.3. The fraction of sp³-hybridized carbons (Fsp3) is 0.967. The van der Waals surface area contributed by atoms with Gasteiger partial charge in [-0.2, -0.15) is 0 Å². The summed E-state index contributed by atoms with van der Waals surface area (Å²) in [6.07, 6.45) is 31.1. The third-order valence-corrected chi connectivity index (χ3v) is 5.99. The molecule has 0 amide bonds. The molecule has 0 aromatic heterocycles. The standard InChI is InChI=1S/C26H54O.C2H4O2.C2H4O.Na/c1-3-5-7-9-11-13-15-17-19-21-23-25-27-26-24-22-20-18-16-14-12-10-8-6-4-2;1-2(3)4;1-2-3-1;/h3-26H2,1-2H3;1H3,(H,3,4);1-2H2;/q;;;+1/p-1. The molecule has 0 N–H and O–H groups in total. The molecule has 0 aliphatic carbocycles. The number of hydrogen-bond acceptors (Lipinski definition) is 4. The van der Waals surface area contributed by atoms with Gasteiger partial charge in [-0.1, -0.05) is 142 Å². The molecule has 1 rings (SSSR count). The number of hydrogen-bond donors (Lipinski definition) is 0. The number of rotatable bonds is 24. The SMILES string of the molecule is C1CO1.CC(=O)[O-].CCCCCCCCCCCCCOCCCCCCCCCCCCC.[Na+]. The van der Waals surface area contributed by atoms with Gasteiger partial charge in [0.2, 0.25) is 0 Å². The molecule has 0 unspecified atom stereocenters. The van der Waals surface area contributed by atoms with Gasteiger partial charge in [-0.25, -0.2) is 0 Å². The summed E-state index contributed by atoms with van der Waals surface area (Å²) in [5.74, 6) is -1.08. The summed E-state index contributed by atoms with van der Waals surface area (Å²) in [6.45, 7) is 9.55. The minimum absolute atomic E-state index is 0. The van der Waals surface area contributed by atoms with Crippen molar-refractivity contribution < 1.29 is 48.9 Å². The molecule has 1 fully saturated rings. The van der Waals surface area contributed by atoms with Gasteiger partial charge in [0.25, 0.3) is 0 Å². The van der Waals surface area contributed by atoms with Crippen LogP contribution in [0.1, 0.15) is 162 Å². The molecule has 1 heterocycles. The van der Waals surface area contributed by atoms with Crippen LogP contribution in [0.4, 0.5) is 0 Å². The monoisotopic (exact) mass is 508 g/mol. The number of carboxylic acids is 1. The summed E-state index contributed by atoms with van der Waals surface area (Å²) in [4.78, 5) is 8.89. The first-order valence-electron chi connectivity index (χ1n) is 15.0. The van der Waals surface area contributed by atoms with Gasteiger partial charge in [0.15, 0.2) is 0 Å². The second kappa shape index (κ2) is 38.9. The molecule has 0 bridgehead atoms. The molecule has 1 aliphatic heterocycles. The van der Waals surface area contributed by atoms with Crippen molar-refractivity contribution in [3.05, 3.63) is 0 Å². The molecule has 4 nitrogen and oxygen atoms in total. The Balaban J connectivity index is -0.00000110. The van der Waals surface area contributed by atoms with Crippen LogP contribution in [0.25, 0.3) is 0 Å². The Morgan fingerprint density at radius 1 is 0.571 bits per heavy atom. The summed E-state index contributed by atoms with van der Waals surface area (Å²) in [5, 5.41) is 8.89. The third kappa shape index (κ3) is 56.0. The van der Waals surface area contributed by atoms with E-state index in [1.807, 2.05) is 0 Å². The predicted molar refractivity (Wildman–Crippen MR) is 145 cm³/mol. The van der Waals surface area contributed by atoms with Crippen molar-refractivity contribution in [1.29, 1.82) is 0 Å². The van der Waals surface area contributed by atoms with Crippen molar-refractivity contribution >= 4 is 5.97 Å². The van der Waals surface area contributed by atoms with Crippen LogP contribution in [0.5, 0.6) is 0 Å². The molecular weight excluding hydrogens is 447 g/mol. The van der Waals surface area contributed by atoms with Crippen LogP contribution in [0, 0.1) is 0 Å². The summed E-state index contributed by atoms with van der Waals surface area (Å²) >= 11 is 0. The number of carbonyl (C=O) groups is 1. The van der Waals surface area contributed by atoms with E-state index in [0.29, 0.717) is 0 Å². The average Bonchev–Trinajstić information content (AvgIpc) is 3.69. The molecule has 206 valence electrons. The molecule has 0 spiro atoms. The van der Waals surface area contributed by atoms with Crippen molar-refractivity contribution in [2.24, 2.45) is 0 Å². The van der Waals surface area contributed by atoms with Gasteiger partial charge in [0.05, 0.1) is 13.2 Å². The first-order chi connectivity index (χ1) is 16.6. The Morgan fingerprint density at radius 3 is 0.971 bits per heavy atom. The van der Waals surface area contributed by atoms with Gasteiger partial charge in [-0.3, -0.25) is 0 Å². The van der Waals surface area contributed by atoms with Crippen LogP contribution in [0.15, 0.2) is 0 Å². The minimum atomic E-state index is -1.08. The molecule has 5 heteroatoms. The smallest absolute Gasteiger partial charge is 0.550 e. The number of unbranched alkanes of at least 4 members (excludes halogenated alkanes) is 20. The first kappa shape index (κ1) is 39.9. The summed E-state index contributed by atoms with van der Waals surface area (Å²) in [7, 11) is 0. The van der Waals surface area contributed by atoms with Crippen molar-refractivity contribution in [1.82, 2.24) is 0 Å². The molecule has 35 heavy (non-hydrogen) atoms. The molecule has 1 saturated heterocycles. The number of carbonyl (C=O) groups excluding carboxylic acids is 1. The number of ether oxygens (including phenoxy) is 2. The van der Waals surface area contributed by atoms with E-state index in [0.717, 1.165) is 33.4 Å². The van der Waals surface area contributed by atoms with E-state index in [1.165, 1.54) is 141 Å². The second-order valence-electron chi connectivity index (χ2n) is 9.79. The predicted octanol–water partition coefficient (Wildman–Crippen LogP) is 5.40. The van der Waals surface area contributed by atoms with Crippen LogP contribution in [-0.2, 0) is 14.3 Å². The van der Waals surface area contributed by atoms with Gasteiger partial charge in [0, 0.05) is 19.2 Å². The zero-order valence-electron chi connectivity index (χ0n) is 24.5. The fourth-order valence-electron chi connectivity index (χ4n) is 3.84. The van der Waals surface area contributed by atoms with E-state index in [4.69, 9.17) is 14.6 Å². The van der Waals surface area contributed by atoms with E-state index in [9.17, 15) is 0 Å². The number of carboxylic acid groups (broad SMARTS) is 1. The molecule has 0 atom stereocenters. The molecule has 0 radical (unpaired) electrons. The summed E-state index contributed by atoms with van der Waals surface area (Å²) in [6, 6.07) is 0. The average molecular weight is 509 g/mol. The van der Waals surface area contributed by atoms with Crippen LogP contribution >= 0.6 is 0 Å². The van der Waals surface area contributed by atoms with Gasteiger partial charge in [0.1, 0.15) is 0 Å². The molecular formula is C30H61NaO4. The summed E-state index contributed by atoms with van der Waals surface area (Å²) in [5.41, 5.74) is 0. The van der Waals surface area contributed by atoms with Gasteiger partial charge in [-0.15, -0.1) is 0 Å². The quantitative estimate of drug-likeness (QED) is 0.0995. The van der Waals surface area contributed by atoms with Crippen molar-refractivity contribution in [2.75, 3.05) is 26.4 Å². The Morgan fingerprint density at radius 2 is 0.771 bits per heavy atom. The molecule has 1 aliphatic rings. The van der Waals surface area contributed by atoms with E-state index < -0.39 is 5.97 Å². The van der Waals surface area contributed by atoms with Crippen LogP contribution < -0.4 is 34.7 Å². The topological polar surface area (TPSA) is 61.9 Å². The van der Waals surface area contributed by atoms with Gasteiger partial charge < -0.3 is 19.4 Å². The van der Waals surface area contributed by atoms with Crippen molar-refractivity contribution in [3.63, 3.8) is 0 Å². The number of aliphatic carboxylic acids is 1. The normalized spacial score (nSPS) is 11.5. The largest absolute Gasteiger partial charge is 1.00 e. The van der Waals surface area contributed by atoms with E-state index in [2.05, 4.69) is 18.6 Å². The second-order valence-corrected chi connectivity index (χ2v) is 9.79. The van der Waals surface area contributed by atoms with Gasteiger partial charge >= 0.3 is 29.6 Å². The van der Waals surface area contributed by atoms with Crippen LogP contribution in [-0.4, -0.2) is 32.4 Å². The van der Waals surface area contributed by atoms with Crippen molar-refractivity contribution in [2.45, 2.75) is 162 Å². The maximum Gasteiger partial charge on any atom is 1.00 e. The van der Waals surface area contributed by atoms with E-state index in [1.54, 1.807) is 0 Å². The molecule has 0 aromatic carbocycles. The van der Waals surface area contributed by atoms with Crippen LogP contribution in [0.3, 0.4) is 0 Å². The maximum absolute atomic E-state index is 8.89. The van der Waals surface area contributed by atoms with E-state index >= 15 is 0 Å². The van der Waals surface area contributed by atoms with Gasteiger partial charge in [-0.05, 0) is 19.8 Å². The minimum Gasteiger partial charge on any atom is -0.550 e. The van der Waals surface area contributed by atoms with Crippen molar-refractivity contribution in [3.8, 4) is 0 Å². The van der Waals surface area contributed by atoms with Crippen LogP contribution in [0.2, 0.25) is 0 Å². The zero-order valence-corrected chi connectivity index (χ0v) is 26.5. The third-order valence-electron chi connectivity index (χ3n) is 5.99. The zero-order chi connectivity index (χ0) is 25.4. The van der Waals surface area contributed by atoms with E-state index in [-0.39, 0.29) is 29.6 Å². The molecule has 0 aromatic rings. The fourth-order valence-corrected chi connectivity index (χ4v) is 3.84. The maximum atomic E-state index is 8.89. The Hall–Kier alpha value is 0.390. The Bertz CT molecular complexity index is 334. The Kier molecular flexibility index (Phi) is 44.4. The number of epoxide rings is 1.